The molecule has 0 fully saturated rings. The van der Waals surface area contributed by atoms with Crippen molar-refractivity contribution in [1.82, 2.24) is 10.3 Å². The van der Waals surface area contributed by atoms with Crippen molar-refractivity contribution >= 4 is 22.9 Å². The van der Waals surface area contributed by atoms with Gasteiger partial charge in [0.15, 0.2) is 0 Å². The topological polar surface area (TPSA) is 94.3 Å². The quantitative estimate of drug-likeness (QED) is 0.690. The highest BCUT2D eigenvalue weighted by Gasteiger charge is 2.11. The van der Waals surface area contributed by atoms with Gasteiger partial charge in [0.25, 0.3) is 0 Å². The van der Waals surface area contributed by atoms with Crippen LogP contribution in [0.1, 0.15) is 21.5 Å². The van der Waals surface area contributed by atoms with Crippen molar-refractivity contribution in [1.29, 1.82) is 0 Å². The first-order valence-corrected chi connectivity index (χ1v) is 7.86. The lowest BCUT2D eigenvalue weighted by molar-refractivity contribution is 0.0474. The Morgan fingerprint density at radius 3 is 2.62 bits per heavy atom. The van der Waals surface area contributed by atoms with Crippen molar-refractivity contribution in [2.75, 3.05) is 0 Å². The third-order valence-electron chi connectivity index (χ3n) is 3.82. The first-order chi connectivity index (χ1) is 12.5. The zero-order valence-electron chi connectivity index (χ0n) is 13.7. The van der Waals surface area contributed by atoms with Gasteiger partial charge in [-0.2, -0.15) is 0 Å². The van der Waals surface area contributed by atoms with E-state index in [4.69, 9.17) is 10.5 Å². The minimum Gasteiger partial charge on any atom is -0.457 e. The van der Waals surface area contributed by atoms with Crippen molar-refractivity contribution in [2.24, 2.45) is 5.73 Å². The second-order valence-corrected chi connectivity index (χ2v) is 5.60. The summed E-state index contributed by atoms with van der Waals surface area (Å²) in [5, 5.41) is 2.85. The smallest absolute Gasteiger partial charge is 0.338 e. The number of nitrogens with zero attached hydrogens (tertiary/aromatic N) is 1. The van der Waals surface area contributed by atoms with Crippen LogP contribution in [0.4, 0.5) is 9.18 Å². The molecule has 2 aromatic carbocycles. The lowest BCUT2D eigenvalue weighted by Gasteiger charge is -2.09. The third-order valence-corrected chi connectivity index (χ3v) is 3.82. The van der Waals surface area contributed by atoms with E-state index in [1.54, 1.807) is 48.7 Å². The number of urea groups is 1. The minimum atomic E-state index is -0.617. The number of pyridine rings is 1. The molecule has 3 aromatic rings. The van der Waals surface area contributed by atoms with E-state index in [1.165, 1.54) is 6.07 Å². The fraction of sp³-hybridized carbons (Fsp3) is 0.105. The summed E-state index contributed by atoms with van der Waals surface area (Å²) in [6.45, 7) is 0.259. The van der Waals surface area contributed by atoms with Crippen LogP contribution in [0.5, 0.6) is 0 Å². The van der Waals surface area contributed by atoms with Gasteiger partial charge in [0.05, 0.1) is 11.1 Å². The number of nitrogens with one attached hydrogen (secondary N) is 1. The summed E-state index contributed by atoms with van der Waals surface area (Å²) in [5.74, 6) is -0.879. The fourth-order valence-electron chi connectivity index (χ4n) is 2.49. The Morgan fingerprint density at radius 1 is 1.12 bits per heavy atom. The Hall–Kier alpha value is -3.48. The Kier molecular flexibility index (Phi) is 5.07. The number of fused-ring (bicyclic) bond motifs is 1. The molecule has 0 aliphatic rings. The molecule has 26 heavy (non-hydrogen) atoms. The van der Waals surface area contributed by atoms with E-state index in [0.29, 0.717) is 22.0 Å². The van der Waals surface area contributed by atoms with Crippen molar-refractivity contribution in [3.63, 3.8) is 0 Å². The summed E-state index contributed by atoms with van der Waals surface area (Å²) >= 11 is 0. The number of hydrogen-bond acceptors (Lipinski definition) is 4. The number of carbonyl (C=O) groups is 2. The van der Waals surface area contributed by atoms with Crippen LogP contribution in [-0.2, 0) is 17.9 Å². The Labute approximate surface area is 148 Å². The average Bonchev–Trinajstić information content (AvgIpc) is 2.66. The Balaban J connectivity index is 1.68. The molecule has 7 heteroatoms. The van der Waals surface area contributed by atoms with Crippen LogP contribution in [0, 0.1) is 5.82 Å². The van der Waals surface area contributed by atoms with Crippen molar-refractivity contribution in [3.8, 4) is 0 Å². The lowest BCUT2D eigenvalue weighted by Crippen LogP contribution is -2.28. The molecule has 0 atom stereocenters. The second-order valence-electron chi connectivity index (χ2n) is 5.60. The van der Waals surface area contributed by atoms with Gasteiger partial charge in [-0.25, -0.2) is 14.0 Å². The molecule has 3 rings (SSSR count). The summed E-state index contributed by atoms with van der Waals surface area (Å²) in [6.07, 6.45) is 1.56. The second kappa shape index (κ2) is 7.60. The summed E-state index contributed by atoms with van der Waals surface area (Å²) in [4.78, 5) is 27.0. The molecule has 0 aliphatic carbocycles. The first kappa shape index (κ1) is 17.3. The van der Waals surface area contributed by atoms with Crippen molar-refractivity contribution in [2.45, 2.75) is 13.2 Å². The van der Waals surface area contributed by atoms with Gasteiger partial charge in [0, 0.05) is 23.7 Å². The molecule has 0 unspecified atom stereocenters. The van der Waals surface area contributed by atoms with Crippen molar-refractivity contribution in [3.05, 3.63) is 77.2 Å². The molecule has 1 aromatic heterocycles. The highest BCUT2D eigenvalue weighted by Crippen LogP contribution is 2.20. The molecular weight excluding hydrogens is 337 g/mol. The molecular formula is C19H16FN3O3. The highest BCUT2D eigenvalue weighted by atomic mass is 19.1. The van der Waals surface area contributed by atoms with Gasteiger partial charge in [-0.15, -0.1) is 0 Å². The first-order valence-electron chi connectivity index (χ1n) is 7.86. The molecule has 2 amide bonds. The van der Waals surface area contributed by atoms with Crippen molar-refractivity contribution < 1.29 is 18.7 Å². The lowest BCUT2D eigenvalue weighted by atomic mass is 10.1. The number of nitrogens with two attached hydrogens (primary N) is 1. The molecule has 0 bridgehead atoms. The monoisotopic (exact) mass is 353 g/mol. The number of carbonyl (C=O) groups excluding carboxylic acids is 2. The van der Waals surface area contributed by atoms with Crippen LogP contribution in [0.2, 0.25) is 0 Å². The zero-order chi connectivity index (χ0) is 18.5. The Bertz CT molecular complexity index is 958. The number of halogens is 1. The van der Waals surface area contributed by atoms with Gasteiger partial charge in [-0.3, -0.25) is 4.98 Å². The van der Waals surface area contributed by atoms with Gasteiger partial charge < -0.3 is 15.8 Å². The highest BCUT2D eigenvalue weighted by molar-refractivity contribution is 5.89. The van der Waals surface area contributed by atoms with E-state index < -0.39 is 12.0 Å². The van der Waals surface area contributed by atoms with E-state index in [-0.39, 0.29) is 19.0 Å². The van der Waals surface area contributed by atoms with Gasteiger partial charge in [-0.1, -0.05) is 18.2 Å². The predicted octanol–water partition coefficient (Wildman–Crippen LogP) is 2.90. The maximum absolute atomic E-state index is 13.8. The normalized spacial score (nSPS) is 10.5. The summed E-state index contributed by atoms with van der Waals surface area (Å²) in [6, 6.07) is 12.1. The van der Waals surface area contributed by atoms with Gasteiger partial charge in [0.2, 0.25) is 0 Å². The molecule has 0 aliphatic heterocycles. The van der Waals surface area contributed by atoms with Crippen LogP contribution in [-0.4, -0.2) is 17.0 Å². The average molecular weight is 353 g/mol. The fourth-order valence-corrected chi connectivity index (χ4v) is 2.49. The van der Waals surface area contributed by atoms with E-state index >= 15 is 0 Å². The molecule has 3 N–H and O–H groups in total. The number of aromatic nitrogens is 1. The third kappa shape index (κ3) is 3.94. The van der Waals surface area contributed by atoms with E-state index in [1.807, 2.05) is 0 Å². The number of esters is 1. The molecule has 0 spiro atoms. The minimum absolute atomic E-state index is 0.0163. The summed E-state index contributed by atoms with van der Waals surface area (Å²) in [7, 11) is 0. The molecule has 6 nitrogen and oxygen atoms in total. The maximum Gasteiger partial charge on any atom is 0.338 e. The van der Waals surface area contributed by atoms with Gasteiger partial charge >= 0.3 is 12.0 Å². The number of ether oxygens (including phenoxy) is 1. The maximum atomic E-state index is 13.8. The van der Waals surface area contributed by atoms with Gasteiger partial charge in [0.1, 0.15) is 12.4 Å². The Morgan fingerprint density at radius 2 is 1.88 bits per heavy atom. The number of hydrogen-bond donors (Lipinski definition) is 2. The molecule has 0 saturated carbocycles. The summed E-state index contributed by atoms with van der Waals surface area (Å²) in [5.41, 5.74) is 7.27. The SMILES string of the molecule is NC(=O)NCc1ccc(C(=O)OCc2ccc(F)c3cccnc23)cc1. The van der Waals surface area contributed by atoms with E-state index in [2.05, 4.69) is 10.3 Å². The molecule has 1 heterocycles. The summed E-state index contributed by atoms with van der Waals surface area (Å²) < 4.78 is 19.1. The van der Waals surface area contributed by atoms with Crippen LogP contribution in [0.25, 0.3) is 10.9 Å². The van der Waals surface area contributed by atoms with Gasteiger partial charge in [-0.05, 0) is 35.9 Å². The number of primary amides is 1. The number of benzene rings is 2. The zero-order valence-corrected chi connectivity index (χ0v) is 13.7. The number of rotatable bonds is 5. The van der Waals surface area contributed by atoms with Crippen LogP contribution in [0.15, 0.2) is 54.7 Å². The molecule has 0 radical (unpaired) electrons. The number of amides is 2. The van der Waals surface area contributed by atoms with E-state index in [9.17, 15) is 14.0 Å². The van der Waals surface area contributed by atoms with Crippen LogP contribution >= 0.6 is 0 Å². The molecule has 132 valence electrons. The molecule has 0 saturated heterocycles. The predicted molar refractivity (Wildman–Crippen MR) is 93.7 cm³/mol. The van der Waals surface area contributed by atoms with Crippen LogP contribution in [0.3, 0.4) is 0 Å². The van der Waals surface area contributed by atoms with E-state index in [0.717, 1.165) is 5.56 Å². The van der Waals surface area contributed by atoms with Crippen LogP contribution < -0.4 is 11.1 Å². The standard InChI is InChI=1S/C19H16FN3O3/c20-16-8-7-14(17-15(16)2-1-9-22-17)11-26-18(24)13-5-3-12(4-6-13)10-23-19(21)25/h1-9H,10-11H2,(H3,21,23,25). The largest absolute Gasteiger partial charge is 0.457 e.